The van der Waals surface area contributed by atoms with Gasteiger partial charge in [0.15, 0.2) is 0 Å². The second kappa shape index (κ2) is 5.47. The zero-order valence-electron chi connectivity index (χ0n) is 10.8. The summed E-state index contributed by atoms with van der Waals surface area (Å²) in [6.45, 7) is 1.72. The van der Waals surface area contributed by atoms with E-state index in [1.165, 1.54) is 6.07 Å². The molecule has 104 valence electrons. The molecule has 1 heterocycles. The third-order valence-corrected chi connectivity index (χ3v) is 5.01. The molecule has 2 aromatic rings. The van der Waals surface area contributed by atoms with Gasteiger partial charge in [-0.2, -0.15) is 0 Å². The van der Waals surface area contributed by atoms with Crippen LogP contribution in [0.2, 0.25) is 5.02 Å². The maximum atomic E-state index is 13.5. The van der Waals surface area contributed by atoms with E-state index >= 15 is 0 Å². The normalized spacial score (nSPS) is 16.8. The van der Waals surface area contributed by atoms with E-state index in [9.17, 15) is 4.39 Å². The number of benzene rings is 2. The van der Waals surface area contributed by atoms with Gasteiger partial charge in [-0.15, -0.1) is 0 Å². The predicted molar refractivity (Wildman–Crippen MR) is 83.8 cm³/mol. The van der Waals surface area contributed by atoms with Crippen molar-refractivity contribution in [3.8, 4) is 0 Å². The summed E-state index contributed by atoms with van der Waals surface area (Å²) in [6, 6.07) is 12.7. The van der Waals surface area contributed by atoms with Crippen LogP contribution in [0.4, 0.5) is 4.39 Å². The summed E-state index contributed by atoms with van der Waals surface area (Å²) in [5.41, 5.74) is 2.07. The highest BCUT2D eigenvalue weighted by molar-refractivity contribution is 9.10. The average molecular weight is 355 g/mol. The van der Waals surface area contributed by atoms with Gasteiger partial charge in [-0.25, -0.2) is 4.39 Å². The molecule has 0 aromatic heterocycles. The van der Waals surface area contributed by atoms with Crippen LogP contribution in [0, 0.1) is 5.82 Å². The molecular weight excluding hydrogens is 341 g/mol. The van der Waals surface area contributed by atoms with Crippen molar-refractivity contribution in [3.05, 3.63) is 68.9 Å². The molecule has 2 aromatic carbocycles. The lowest BCUT2D eigenvalue weighted by Crippen LogP contribution is -2.58. The summed E-state index contributed by atoms with van der Waals surface area (Å²) in [6.07, 6.45) is 0.766. The van der Waals surface area contributed by atoms with E-state index < -0.39 is 0 Å². The largest absolute Gasteiger partial charge is 0.315 e. The first-order valence-electron chi connectivity index (χ1n) is 6.50. The van der Waals surface area contributed by atoms with Gasteiger partial charge in [-0.05, 0) is 41.8 Å². The van der Waals surface area contributed by atoms with Gasteiger partial charge >= 0.3 is 0 Å². The van der Waals surface area contributed by atoms with Gasteiger partial charge in [-0.3, -0.25) is 0 Å². The molecule has 1 N–H and O–H groups in total. The maximum Gasteiger partial charge on any atom is 0.123 e. The summed E-state index contributed by atoms with van der Waals surface area (Å²) >= 11 is 9.85. The summed E-state index contributed by atoms with van der Waals surface area (Å²) in [5.74, 6) is -0.204. The van der Waals surface area contributed by atoms with Gasteiger partial charge in [0.05, 0.1) is 0 Å². The predicted octanol–water partition coefficient (Wildman–Crippen LogP) is 4.33. The Balaban J connectivity index is 1.98. The van der Waals surface area contributed by atoms with E-state index in [0.29, 0.717) is 0 Å². The Bertz CT molecular complexity index is 640. The topological polar surface area (TPSA) is 12.0 Å². The molecule has 0 bridgehead atoms. The zero-order valence-corrected chi connectivity index (χ0v) is 13.1. The van der Waals surface area contributed by atoms with Crippen LogP contribution < -0.4 is 5.32 Å². The van der Waals surface area contributed by atoms with Gasteiger partial charge in [0.1, 0.15) is 5.82 Å². The molecule has 0 atom stereocenters. The molecule has 20 heavy (non-hydrogen) atoms. The van der Waals surface area contributed by atoms with Crippen LogP contribution in [0.15, 0.2) is 46.9 Å². The van der Waals surface area contributed by atoms with Crippen LogP contribution in [-0.2, 0) is 11.8 Å². The third-order valence-electron chi connectivity index (χ3n) is 3.91. The molecule has 3 rings (SSSR count). The first-order valence-corrected chi connectivity index (χ1v) is 7.67. The van der Waals surface area contributed by atoms with Gasteiger partial charge in [-0.1, -0.05) is 45.7 Å². The van der Waals surface area contributed by atoms with E-state index in [4.69, 9.17) is 11.6 Å². The minimum Gasteiger partial charge on any atom is -0.315 e. The average Bonchev–Trinajstić information content (AvgIpc) is 2.39. The fraction of sp³-hybridized carbons (Fsp3) is 0.250. The van der Waals surface area contributed by atoms with Crippen LogP contribution in [0.1, 0.15) is 11.1 Å². The fourth-order valence-electron chi connectivity index (χ4n) is 2.77. The molecule has 0 aliphatic carbocycles. The maximum absolute atomic E-state index is 13.5. The Morgan fingerprint density at radius 1 is 1.20 bits per heavy atom. The number of nitrogens with one attached hydrogen (secondary N) is 1. The molecule has 1 fully saturated rings. The molecule has 0 radical (unpaired) electrons. The minimum atomic E-state index is -0.204. The van der Waals surface area contributed by atoms with Crippen molar-refractivity contribution in [2.45, 2.75) is 11.8 Å². The Morgan fingerprint density at radius 3 is 2.60 bits per heavy atom. The van der Waals surface area contributed by atoms with Gasteiger partial charge in [0.2, 0.25) is 0 Å². The lowest BCUT2D eigenvalue weighted by molar-refractivity contribution is 0.274. The minimum absolute atomic E-state index is 0.0470. The molecule has 0 spiro atoms. The number of hydrogen-bond acceptors (Lipinski definition) is 1. The molecule has 1 aliphatic rings. The van der Waals surface area contributed by atoms with Crippen molar-refractivity contribution >= 4 is 27.5 Å². The first kappa shape index (κ1) is 14.1. The molecule has 0 unspecified atom stereocenters. The van der Waals surface area contributed by atoms with Gasteiger partial charge in [0, 0.05) is 28.0 Å². The number of rotatable bonds is 3. The highest BCUT2D eigenvalue weighted by Crippen LogP contribution is 2.38. The summed E-state index contributed by atoms with van der Waals surface area (Å²) in [4.78, 5) is 0. The third kappa shape index (κ3) is 2.50. The van der Waals surface area contributed by atoms with Crippen LogP contribution in [0.25, 0.3) is 0 Å². The number of hydrogen-bond donors (Lipinski definition) is 1. The van der Waals surface area contributed by atoms with Crippen molar-refractivity contribution < 1.29 is 4.39 Å². The smallest absolute Gasteiger partial charge is 0.123 e. The monoisotopic (exact) mass is 353 g/mol. The lowest BCUT2D eigenvalue weighted by atomic mass is 9.71. The molecule has 1 nitrogen and oxygen atoms in total. The Kier molecular flexibility index (Phi) is 3.85. The van der Waals surface area contributed by atoms with E-state index in [0.717, 1.165) is 40.1 Å². The van der Waals surface area contributed by atoms with Crippen LogP contribution in [0.5, 0.6) is 0 Å². The van der Waals surface area contributed by atoms with Crippen molar-refractivity contribution in [2.24, 2.45) is 0 Å². The van der Waals surface area contributed by atoms with Gasteiger partial charge in [0.25, 0.3) is 0 Å². The first-order chi connectivity index (χ1) is 9.61. The molecule has 0 saturated carbocycles. The van der Waals surface area contributed by atoms with E-state index in [1.807, 2.05) is 18.2 Å². The quantitative estimate of drug-likeness (QED) is 0.865. The zero-order chi connectivity index (χ0) is 14.2. The Hall–Kier alpha value is -0.900. The standard InChI is InChI=1S/C16H14BrClFN/c17-14-6-5-12(19)7-11(14)8-16(9-20-10-16)13-3-1-2-4-15(13)18/h1-7,20H,8-10H2. The summed E-state index contributed by atoms with van der Waals surface area (Å²) in [5, 5.41) is 4.09. The van der Waals surface area contributed by atoms with Crippen LogP contribution in [-0.4, -0.2) is 13.1 Å². The SMILES string of the molecule is Fc1ccc(Br)c(CC2(c3ccccc3Cl)CNC2)c1. The Morgan fingerprint density at radius 2 is 1.95 bits per heavy atom. The highest BCUT2D eigenvalue weighted by atomic mass is 79.9. The van der Waals surface area contributed by atoms with Crippen LogP contribution in [0.3, 0.4) is 0 Å². The number of halogens is 3. The fourth-order valence-corrected chi connectivity index (χ4v) is 3.50. The lowest BCUT2D eigenvalue weighted by Gasteiger charge is -2.44. The Labute approximate surface area is 131 Å². The summed E-state index contributed by atoms with van der Waals surface area (Å²) < 4.78 is 14.4. The second-order valence-corrected chi connectivity index (χ2v) is 6.54. The molecule has 0 amide bonds. The van der Waals surface area contributed by atoms with Crippen molar-refractivity contribution in [2.75, 3.05) is 13.1 Å². The van der Waals surface area contributed by atoms with Crippen molar-refractivity contribution in [1.29, 1.82) is 0 Å². The second-order valence-electron chi connectivity index (χ2n) is 5.28. The molecular formula is C16H14BrClFN. The van der Waals surface area contributed by atoms with Crippen LogP contribution >= 0.6 is 27.5 Å². The van der Waals surface area contributed by atoms with E-state index in [2.05, 4.69) is 27.3 Å². The van der Waals surface area contributed by atoms with Crippen molar-refractivity contribution in [1.82, 2.24) is 5.32 Å². The molecule has 1 saturated heterocycles. The highest BCUT2D eigenvalue weighted by Gasteiger charge is 2.40. The van der Waals surface area contributed by atoms with E-state index in [1.54, 1.807) is 12.1 Å². The van der Waals surface area contributed by atoms with Gasteiger partial charge < -0.3 is 5.32 Å². The molecule has 1 aliphatic heterocycles. The van der Waals surface area contributed by atoms with Crippen molar-refractivity contribution in [3.63, 3.8) is 0 Å². The molecule has 4 heteroatoms. The summed E-state index contributed by atoms with van der Waals surface area (Å²) in [7, 11) is 0. The van der Waals surface area contributed by atoms with E-state index in [-0.39, 0.29) is 11.2 Å².